The Labute approximate surface area is 168 Å². The fourth-order valence-electron chi connectivity index (χ4n) is 3.30. The number of hydrogen-bond donors (Lipinski definition) is 0. The summed E-state index contributed by atoms with van der Waals surface area (Å²) in [6.45, 7) is 5.87. The van der Waals surface area contributed by atoms with E-state index in [0.29, 0.717) is 5.56 Å². The minimum absolute atomic E-state index is 0.113. The van der Waals surface area contributed by atoms with E-state index in [2.05, 4.69) is 21.2 Å². The molecule has 0 bridgehead atoms. The highest BCUT2D eigenvalue weighted by molar-refractivity contribution is 5.98. The van der Waals surface area contributed by atoms with E-state index < -0.39 is 6.36 Å². The van der Waals surface area contributed by atoms with E-state index in [1.807, 2.05) is 24.3 Å². The smallest absolute Gasteiger partial charge is 0.481 e. The normalized spacial score (nSPS) is 15.2. The summed E-state index contributed by atoms with van der Waals surface area (Å²) >= 11 is 0. The summed E-state index contributed by atoms with van der Waals surface area (Å²) in [5, 5.41) is 0. The molecule has 0 aromatic heterocycles. The van der Waals surface area contributed by atoms with Crippen LogP contribution in [0.4, 0.5) is 18.9 Å². The molecule has 2 aromatic rings. The van der Waals surface area contributed by atoms with Gasteiger partial charge in [-0.2, -0.15) is 0 Å². The molecule has 0 saturated carbocycles. The van der Waals surface area contributed by atoms with Crippen LogP contribution in [0.5, 0.6) is 5.75 Å². The van der Waals surface area contributed by atoms with Gasteiger partial charge in [0, 0.05) is 29.9 Å². The second-order valence-corrected chi connectivity index (χ2v) is 6.71. The molecule has 4 nitrogen and oxygen atoms in total. The molecule has 0 N–H and O–H groups in total. The fourth-order valence-corrected chi connectivity index (χ4v) is 3.30. The Bertz CT molecular complexity index is 870. The van der Waals surface area contributed by atoms with Gasteiger partial charge in [0.25, 0.3) is 0 Å². The van der Waals surface area contributed by atoms with Crippen LogP contribution in [0.1, 0.15) is 30.4 Å². The average molecular weight is 404 g/mol. The molecule has 154 valence electrons. The Morgan fingerprint density at radius 1 is 1.00 bits per heavy atom. The summed E-state index contributed by atoms with van der Waals surface area (Å²) in [6, 6.07) is 13.5. The molecule has 7 heteroatoms. The number of ether oxygens (including phenoxy) is 2. The van der Waals surface area contributed by atoms with Gasteiger partial charge < -0.3 is 14.4 Å². The molecule has 1 aliphatic heterocycles. The number of aliphatic imine (C=N–C) groups is 1. The number of piperidine rings is 1. The van der Waals surface area contributed by atoms with Gasteiger partial charge in [0.15, 0.2) is 0 Å². The highest BCUT2D eigenvalue weighted by atomic mass is 19.4. The van der Waals surface area contributed by atoms with Gasteiger partial charge in [0.05, 0.1) is 12.8 Å². The summed E-state index contributed by atoms with van der Waals surface area (Å²) in [4.78, 5) is 6.64. The summed E-state index contributed by atoms with van der Waals surface area (Å²) in [5.74, 6) is -0.0911. The van der Waals surface area contributed by atoms with E-state index in [1.165, 1.54) is 44.6 Å². The minimum Gasteiger partial charge on any atom is -0.481 e. The third kappa shape index (κ3) is 5.53. The van der Waals surface area contributed by atoms with Gasteiger partial charge in [-0.3, -0.25) is 0 Å². The van der Waals surface area contributed by atoms with Crippen LogP contribution in [0, 0.1) is 0 Å². The topological polar surface area (TPSA) is 34.1 Å². The van der Waals surface area contributed by atoms with Gasteiger partial charge in [-0.05, 0) is 55.7 Å². The van der Waals surface area contributed by atoms with E-state index in [4.69, 9.17) is 4.74 Å². The summed E-state index contributed by atoms with van der Waals surface area (Å²) in [5.41, 5.74) is 2.10. The Kier molecular flexibility index (Phi) is 6.46. The van der Waals surface area contributed by atoms with E-state index in [1.54, 1.807) is 6.07 Å². The van der Waals surface area contributed by atoms with E-state index in [0.717, 1.165) is 18.8 Å². The highest BCUT2D eigenvalue weighted by Gasteiger charge is 2.32. The molecule has 1 aliphatic rings. The van der Waals surface area contributed by atoms with Gasteiger partial charge in [-0.15, -0.1) is 13.2 Å². The lowest BCUT2D eigenvalue weighted by Crippen LogP contribution is -2.29. The molecule has 1 saturated heterocycles. The molecule has 2 aromatic carbocycles. The number of halogens is 3. The number of para-hydroxylation sites is 1. The van der Waals surface area contributed by atoms with E-state index in [-0.39, 0.29) is 22.9 Å². The summed E-state index contributed by atoms with van der Waals surface area (Å²) in [6.07, 6.45) is -1.16. The molecular formula is C22H23F3N2O2. The molecule has 29 heavy (non-hydrogen) atoms. The molecule has 1 fully saturated rings. The molecular weight excluding hydrogens is 381 g/mol. The predicted octanol–water partition coefficient (Wildman–Crippen LogP) is 5.64. The predicted molar refractivity (Wildman–Crippen MR) is 108 cm³/mol. The van der Waals surface area contributed by atoms with Crippen molar-refractivity contribution in [3.8, 4) is 5.75 Å². The Morgan fingerprint density at radius 2 is 1.66 bits per heavy atom. The van der Waals surface area contributed by atoms with Gasteiger partial charge in [0.2, 0.25) is 5.90 Å². The van der Waals surface area contributed by atoms with Crippen molar-refractivity contribution in [2.45, 2.75) is 25.6 Å². The number of rotatable bonds is 5. The van der Waals surface area contributed by atoms with Crippen molar-refractivity contribution in [1.29, 1.82) is 0 Å². The number of alkyl halides is 3. The third-order valence-corrected chi connectivity index (χ3v) is 4.69. The minimum atomic E-state index is -4.80. The maximum Gasteiger partial charge on any atom is 0.573 e. The lowest BCUT2D eigenvalue weighted by molar-refractivity contribution is -0.274. The first-order chi connectivity index (χ1) is 13.9. The number of anilines is 1. The van der Waals surface area contributed by atoms with Crippen LogP contribution in [0.3, 0.4) is 0 Å². The molecule has 0 aliphatic carbocycles. The van der Waals surface area contributed by atoms with E-state index in [9.17, 15) is 13.2 Å². The molecule has 0 unspecified atom stereocenters. The number of nitrogens with zero attached hydrogens (tertiary/aromatic N) is 2. The monoisotopic (exact) mass is 404 g/mol. The highest BCUT2D eigenvalue weighted by Crippen LogP contribution is 2.31. The third-order valence-electron chi connectivity index (χ3n) is 4.69. The quantitative estimate of drug-likeness (QED) is 0.478. The van der Waals surface area contributed by atoms with Crippen molar-refractivity contribution in [2.24, 2.45) is 4.99 Å². The average Bonchev–Trinajstić information content (AvgIpc) is 2.72. The van der Waals surface area contributed by atoms with Crippen LogP contribution in [0.2, 0.25) is 0 Å². The first-order valence-corrected chi connectivity index (χ1v) is 9.39. The maximum absolute atomic E-state index is 12.7. The molecule has 0 atom stereocenters. The van der Waals surface area contributed by atoms with Crippen molar-refractivity contribution in [2.75, 3.05) is 25.1 Å². The Balaban J connectivity index is 1.82. The zero-order valence-corrected chi connectivity index (χ0v) is 16.2. The molecule has 0 amide bonds. The largest absolute Gasteiger partial charge is 0.573 e. The zero-order chi connectivity index (χ0) is 20.9. The standard InChI is InChI=1S/C22H23F3N2O2/c1-16(19-8-4-5-9-20(19)29-22(23,24)25)26-21(28-2)17-10-12-18(13-11-17)27-14-6-3-7-15-27/h4-5,8-13H,1,3,6-7,14-15H2,2H3. The van der Waals surface area contributed by atoms with Gasteiger partial charge in [0.1, 0.15) is 5.75 Å². The Morgan fingerprint density at radius 3 is 2.28 bits per heavy atom. The van der Waals surface area contributed by atoms with Crippen LogP contribution in [0.25, 0.3) is 5.70 Å². The molecule has 0 spiro atoms. The first kappa shape index (κ1) is 20.8. The van der Waals surface area contributed by atoms with Crippen molar-refractivity contribution in [1.82, 2.24) is 0 Å². The molecule has 3 rings (SSSR count). The molecule has 1 heterocycles. The van der Waals surface area contributed by atoms with Crippen LogP contribution in [-0.2, 0) is 4.74 Å². The summed E-state index contributed by atoms with van der Waals surface area (Å²) in [7, 11) is 1.46. The SMILES string of the molecule is C=C(N=C(OC)c1ccc(N2CCCCC2)cc1)c1ccccc1OC(F)(F)F. The van der Waals surface area contributed by atoms with Crippen molar-refractivity contribution in [3.05, 3.63) is 66.2 Å². The van der Waals surface area contributed by atoms with Gasteiger partial charge in [-0.1, -0.05) is 18.7 Å². The van der Waals surface area contributed by atoms with E-state index >= 15 is 0 Å². The first-order valence-electron chi connectivity index (χ1n) is 9.39. The van der Waals surface area contributed by atoms with Gasteiger partial charge in [-0.25, -0.2) is 4.99 Å². The van der Waals surface area contributed by atoms with Gasteiger partial charge >= 0.3 is 6.36 Å². The van der Waals surface area contributed by atoms with Crippen molar-refractivity contribution in [3.63, 3.8) is 0 Å². The summed E-state index contributed by atoms with van der Waals surface area (Å²) < 4.78 is 47.4. The van der Waals surface area contributed by atoms with Crippen LogP contribution >= 0.6 is 0 Å². The lowest BCUT2D eigenvalue weighted by Gasteiger charge is -2.28. The number of benzene rings is 2. The van der Waals surface area contributed by atoms with Crippen LogP contribution in [0.15, 0.2) is 60.1 Å². The second-order valence-electron chi connectivity index (χ2n) is 6.71. The Hall–Kier alpha value is -2.96. The van der Waals surface area contributed by atoms with Crippen LogP contribution < -0.4 is 9.64 Å². The maximum atomic E-state index is 12.7. The lowest BCUT2D eigenvalue weighted by atomic mass is 10.1. The second kappa shape index (κ2) is 9.03. The van der Waals surface area contributed by atoms with Crippen molar-refractivity contribution >= 4 is 17.3 Å². The number of hydrogen-bond acceptors (Lipinski definition) is 4. The number of methoxy groups -OCH3 is 1. The fraction of sp³-hybridized carbons (Fsp3) is 0.318. The molecule has 0 radical (unpaired) electrons. The van der Waals surface area contributed by atoms with Crippen LogP contribution in [-0.4, -0.2) is 32.5 Å². The zero-order valence-electron chi connectivity index (χ0n) is 16.2. The van der Waals surface area contributed by atoms with Crippen molar-refractivity contribution < 1.29 is 22.6 Å².